The lowest BCUT2D eigenvalue weighted by atomic mass is 10.2. The minimum atomic E-state index is -3.39. The Balaban J connectivity index is 2.36. The molecular formula is C13H20N2O2S. The summed E-state index contributed by atoms with van der Waals surface area (Å²) >= 11 is 0. The molecule has 1 aromatic carbocycles. The lowest BCUT2D eigenvalue weighted by molar-refractivity contribution is 0.286. The van der Waals surface area contributed by atoms with Gasteiger partial charge in [-0.15, -0.1) is 0 Å². The molecule has 100 valence electrons. The van der Waals surface area contributed by atoms with Crippen molar-refractivity contribution in [2.24, 2.45) is 0 Å². The molecule has 1 aromatic rings. The van der Waals surface area contributed by atoms with Crippen LogP contribution in [0.25, 0.3) is 0 Å². The van der Waals surface area contributed by atoms with Crippen molar-refractivity contribution >= 4 is 10.0 Å². The van der Waals surface area contributed by atoms with Crippen LogP contribution in [0.4, 0.5) is 0 Å². The van der Waals surface area contributed by atoms with Crippen molar-refractivity contribution in [3.05, 3.63) is 30.3 Å². The Morgan fingerprint density at radius 3 is 2.44 bits per heavy atom. The molecule has 0 spiro atoms. The molecular weight excluding hydrogens is 248 g/mol. The van der Waals surface area contributed by atoms with Crippen LogP contribution >= 0.6 is 0 Å². The van der Waals surface area contributed by atoms with Crippen molar-refractivity contribution in [2.75, 3.05) is 13.1 Å². The van der Waals surface area contributed by atoms with Crippen molar-refractivity contribution in [1.82, 2.24) is 9.62 Å². The molecule has 1 aliphatic heterocycles. The first-order valence-corrected chi connectivity index (χ1v) is 7.77. The number of nitrogens with zero attached hydrogens (tertiary/aromatic N) is 1. The molecule has 1 atom stereocenters. The van der Waals surface area contributed by atoms with Crippen molar-refractivity contribution in [1.29, 1.82) is 0 Å². The van der Waals surface area contributed by atoms with E-state index in [9.17, 15) is 8.42 Å². The molecule has 0 aliphatic carbocycles. The number of nitrogens with one attached hydrogen (secondary N) is 1. The highest BCUT2D eigenvalue weighted by Crippen LogP contribution is 2.23. The van der Waals surface area contributed by atoms with Gasteiger partial charge in [-0.25, -0.2) is 8.42 Å². The normalized spacial score (nSPS) is 20.8. The molecule has 0 aromatic heterocycles. The number of sulfonamides is 1. The first kappa shape index (κ1) is 13.5. The average molecular weight is 268 g/mol. The average Bonchev–Trinajstić information content (AvgIpc) is 2.83. The predicted molar refractivity (Wildman–Crippen MR) is 71.9 cm³/mol. The molecule has 18 heavy (non-hydrogen) atoms. The van der Waals surface area contributed by atoms with Gasteiger partial charge in [0.2, 0.25) is 10.0 Å². The Labute approximate surface area is 109 Å². The van der Waals surface area contributed by atoms with Gasteiger partial charge in [0.15, 0.2) is 0 Å². The minimum Gasteiger partial charge on any atom is -0.315 e. The van der Waals surface area contributed by atoms with Crippen LogP contribution in [0.1, 0.15) is 20.3 Å². The van der Waals surface area contributed by atoms with Gasteiger partial charge < -0.3 is 5.32 Å². The summed E-state index contributed by atoms with van der Waals surface area (Å²) in [5.41, 5.74) is 0. The fourth-order valence-corrected chi connectivity index (χ4v) is 4.34. The van der Waals surface area contributed by atoms with Crippen LogP contribution in [0, 0.1) is 0 Å². The molecule has 0 bridgehead atoms. The molecule has 0 amide bonds. The van der Waals surface area contributed by atoms with Gasteiger partial charge in [-0.3, -0.25) is 0 Å². The summed E-state index contributed by atoms with van der Waals surface area (Å²) in [6, 6.07) is 8.71. The SMILES string of the molecule is CC(C)N(C1CCNC1)S(=O)(=O)c1ccccc1. The van der Waals surface area contributed by atoms with E-state index in [-0.39, 0.29) is 12.1 Å². The molecule has 0 radical (unpaired) electrons. The molecule has 4 nitrogen and oxygen atoms in total. The van der Waals surface area contributed by atoms with E-state index in [2.05, 4.69) is 5.32 Å². The molecule has 1 saturated heterocycles. The van der Waals surface area contributed by atoms with E-state index < -0.39 is 10.0 Å². The first-order chi connectivity index (χ1) is 8.53. The summed E-state index contributed by atoms with van der Waals surface area (Å²) in [7, 11) is -3.39. The van der Waals surface area contributed by atoms with Crippen LogP contribution in [0.3, 0.4) is 0 Å². The summed E-state index contributed by atoms with van der Waals surface area (Å²) in [4.78, 5) is 0.380. The Morgan fingerprint density at radius 1 is 1.28 bits per heavy atom. The van der Waals surface area contributed by atoms with Crippen LogP contribution in [0.2, 0.25) is 0 Å². The Kier molecular flexibility index (Phi) is 4.04. The second-order valence-corrected chi connectivity index (χ2v) is 6.73. The van der Waals surface area contributed by atoms with Gasteiger partial charge in [-0.2, -0.15) is 4.31 Å². The van der Waals surface area contributed by atoms with E-state index in [1.165, 1.54) is 0 Å². The third-order valence-corrected chi connectivity index (χ3v) is 5.36. The summed E-state index contributed by atoms with van der Waals surface area (Å²) in [6.07, 6.45) is 0.879. The summed E-state index contributed by atoms with van der Waals surface area (Å²) in [6.45, 7) is 5.49. The van der Waals surface area contributed by atoms with Gasteiger partial charge in [0.1, 0.15) is 0 Å². The molecule has 1 fully saturated rings. The summed E-state index contributed by atoms with van der Waals surface area (Å²) < 4.78 is 27.0. The highest BCUT2D eigenvalue weighted by atomic mass is 32.2. The third kappa shape index (κ3) is 2.58. The lowest BCUT2D eigenvalue weighted by Gasteiger charge is -2.31. The zero-order chi connectivity index (χ0) is 13.2. The summed E-state index contributed by atoms with van der Waals surface area (Å²) in [5.74, 6) is 0. The van der Waals surface area contributed by atoms with Gasteiger partial charge in [0.05, 0.1) is 4.90 Å². The van der Waals surface area contributed by atoms with Crippen molar-refractivity contribution in [2.45, 2.75) is 37.2 Å². The van der Waals surface area contributed by atoms with Gasteiger partial charge in [0, 0.05) is 18.6 Å². The van der Waals surface area contributed by atoms with E-state index in [0.717, 1.165) is 19.5 Å². The zero-order valence-corrected chi connectivity index (χ0v) is 11.7. The molecule has 1 heterocycles. The second-order valence-electron chi connectivity index (χ2n) is 4.89. The van der Waals surface area contributed by atoms with Gasteiger partial charge >= 0.3 is 0 Å². The summed E-state index contributed by atoms with van der Waals surface area (Å²) in [5, 5.41) is 3.23. The number of hydrogen-bond acceptors (Lipinski definition) is 3. The Bertz CT molecular complexity index is 479. The molecule has 1 aliphatic rings. The lowest BCUT2D eigenvalue weighted by Crippen LogP contribution is -2.45. The fraction of sp³-hybridized carbons (Fsp3) is 0.538. The maximum Gasteiger partial charge on any atom is 0.243 e. The third-order valence-electron chi connectivity index (χ3n) is 3.22. The first-order valence-electron chi connectivity index (χ1n) is 6.33. The topological polar surface area (TPSA) is 49.4 Å². The minimum absolute atomic E-state index is 0.0277. The van der Waals surface area contributed by atoms with Crippen molar-refractivity contribution < 1.29 is 8.42 Å². The number of rotatable bonds is 4. The Morgan fingerprint density at radius 2 is 1.94 bits per heavy atom. The largest absolute Gasteiger partial charge is 0.315 e. The predicted octanol–water partition coefficient (Wildman–Crippen LogP) is 1.45. The van der Waals surface area contributed by atoms with E-state index in [1.54, 1.807) is 28.6 Å². The number of benzene rings is 1. The van der Waals surface area contributed by atoms with Crippen molar-refractivity contribution in [3.63, 3.8) is 0 Å². The van der Waals surface area contributed by atoms with Crippen LogP contribution < -0.4 is 5.32 Å². The number of hydrogen-bond donors (Lipinski definition) is 1. The van der Waals surface area contributed by atoms with E-state index in [1.807, 2.05) is 19.9 Å². The van der Waals surface area contributed by atoms with Crippen LogP contribution in [0.15, 0.2) is 35.2 Å². The van der Waals surface area contributed by atoms with E-state index in [4.69, 9.17) is 0 Å². The monoisotopic (exact) mass is 268 g/mol. The van der Waals surface area contributed by atoms with Gasteiger partial charge in [-0.1, -0.05) is 18.2 Å². The fourth-order valence-electron chi connectivity index (χ4n) is 2.47. The second kappa shape index (κ2) is 5.38. The van der Waals surface area contributed by atoms with Gasteiger partial charge in [-0.05, 0) is 38.9 Å². The highest BCUT2D eigenvalue weighted by molar-refractivity contribution is 7.89. The van der Waals surface area contributed by atoms with Crippen LogP contribution in [0.5, 0.6) is 0 Å². The Hall–Kier alpha value is -0.910. The van der Waals surface area contributed by atoms with Gasteiger partial charge in [0.25, 0.3) is 0 Å². The standard InChI is InChI=1S/C13H20N2O2S/c1-11(2)15(12-8-9-14-10-12)18(16,17)13-6-4-3-5-7-13/h3-7,11-12,14H,8-10H2,1-2H3. The van der Waals surface area contributed by atoms with Crippen LogP contribution in [-0.2, 0) is 10.0 Å². The van der Waals surface area contributed by atoms with E-state index >= 15 is 0 Å². The highest BCUT2D eigenvalue weighted by Gasteiger charge is 2.34. The smallest absolute Gasteiger partial charge is 0.243 e. The molecule has 1 N–H and O–H groups in total. The van der Waals surface area contributed by atoms with Crippen LogP contribution in [-0.4, -0.2) is 37.9 Å². The maximum absolute atomic E-state index is 12.7. The quantitative estimate of drug-likeness (QED) is 0.899. The molecule has 1 unspecified atom stereocenters. The molecule has 0 saturated carbocycles. The van der Waals surface area contributed by atoms with Crippen molar-refractivity contribution in [3.8, 4) is 0 Å². The molecule has 2 rings (SSSR count). The molecule has 5 heteroatoms. The van der Waals surface area contributed by atoms with E-state index in [0.29, 0.717) is 4.90 Å². The zero-order valence-electron chi connectivity index (χ0n) is 10.8. The maximum atomic E-state index is 12.7.